The molecule has 2 aromatic heterocycles. The molecular formula is C26H25FN4O4. The van der Waals surface area contributed by atoms with E-state index in [1.807, 2.05) is 13.1 Å². The minimum absolute atomic E-state index is 0.0268. The van der Waals surface area contributed by atoms with Crippen molar-refractivity contribution in [1.29, 1.82) is 0 Å². The molecule has 2 aliphatic rings. The second-order valence-electron chi connectivity index (χ2n) is 8.65. The van der Waals surface area contributed by atoms with E-state index in [4.69, 9.17) is 9.47 Å². The largest absolute Gasteiger partial charge is 0.460 e. The van der Waals surface area contributed by atoms with Gasteiger partial charge in [-0.25, -0.2) is 14.2 Å². The van der Waals surface area contributed by atoms with Crippen molar-refractivity contribution in [2.45, 2.75) is 25.3 Å². The molecule has 35 heavy (non-hydrogen) atoms. The fourth-order valence-electron chi connectivity index (χ4n) is 4.30. The molecule has 4 heterocycles. The topological polar surface area (TPSA) is 96.6 Å². The monoisotopic (exact) mass is 476 g/mol. The molecule has 0 bridgehead atoms. The van der Waals surface area contributed by atoms with Gasteiger partial charge in [-0.15, -0.1) is 0 Å². The first kappa shape index (κ1) is 22.8. The fraction of sp³-hybridized carbons (Fsp3) is 0.269. The molecule has 1 aromatic carbocycles. The number of esters is 1. The van der Waals surface area contributed by atoms with E-state index in [0.717, 1.165) is 31.2 Å². The molecule has 0 aliphatic carbocycles. The molecule has 1 saturated heterocycles. The smallest absolute Gasteiger partial charge is 0.347 e. The summed E-state index contributed by atoms with van der Waals surface area (Å²) >= 11 is 0. The van der Waals surface area contributed by atoms with Crippen LogP contribution in [0.5, 0.6) is 0 Å². The molecular weight excluding hydrogens is 451 g/mol. The summed E-state index contributed by atoms with van der Waals surface area (Å²) in [6.07, 6.45) is 8.04. The number of halogens is 1. The quantitative estimate of drug-likeness (QED) is 0.315. The van der Waals surface area contributed by atoms with Gasteiger partial charge in [0.2, 0.25) is 11.7 Å². The maximum atomic E-state index is 13.4. The molecule has 180 valence electrons. The Hall–Kier alpha value is -3.98. The lowest BCUT2D eigenvalue weighted by Gasteiger charge is -2.31. The number of hydrogen-bond donors (Lipinski definition) is 2. The number of benzene rings is 1. The van der Waals surface area contributed by atoms with Crippen LogP contribution in [0.25, 0.3) is 17.1 Å². The van der Waals surface area contributed by atoms with Crippen molar-refractivity contribution in [2.24, 2.45) is 0 Å². The number of piperidine rings is 1. The van der Waals surface area contributed by atoms with Crippen LogP contribution in [0.15, 0.2) is 66.0 Å². The van der Waals surface area contributed by atoms with E-state index in [2.05, 4.69) is 20.2 Å². The number of aromatic amines is 1. The van der Waals surface area contributed by atoms with Crippen LogP contribution in [-0.2, 0) is 19.1 Å². The van der Waals surface area contributed by atoms with Crippen molar-refractivity contribution in [3.05, 3.63) is 77.4 Å². The molecule has 2 N–H and O–H groups in total. The van der Waals surface area contributed by atoms with Crippen LogP contribution in [0.2, 0.25) is 0 Å². The molecule has 0 spiro atoms. The number of nitrogens with one attached hydrogen (secondary N) is 2. The number of hydrogen-bond acceptors (Lipinski definition) is 7. The van der Waals surface area contributed by atoms with Gasteiger partial charge >= 0.3 is 5.97 Å². The Kier molecular flexibility index (Phi) is 6.33. The maximum absolute atomic E-state index is 13.4. The SMILES string of the molecule is CN1CCCCC1COC(=O)C1=C(Nc2ccc(F)cc2)O/C(=C\c2c[nH]c3ncccc23)C1=O. The lowest BCUT2D eigenvalue weighted by molar-refractivity contribution is -0.142. The van der Waals surface area contributed by atoms with Gasteiger partial charge in [-0.1, -0.05) is 6.42 Å². The zero-order chi connectivity index (χ0) is 24.4. The summed E-state index contributed by atoms with van der Waals surface area (Å²) in [6, 6.07) is 9.28. The van der Waals surface area contributed by atoms with Gasteiger partial charge in [-0.3, -0.25) is 4.79 Å². The third-order valence-corrected chi connectivity index (χ3v) is 6.29. The highest BCUT2D eigenvalue weighted by atomic mass is 19.1. The average molecular weight is 477 g/mol. The number of ketones is 1. The predicted octanol–water partition coefficient (Wildman–Crippen LogP) is 3.99. The summed E-state index contributed by atoms with van der Waals surface area (Å²) in [5, 5.41) is 3.73. The Balaban J connectivity index is 1.42. The summed E-state index contributed by atoms with van der Waals surface area (Å²) < 4.78 is 24.7. The van der Waals surface area contributed by atoms with Crippen molar-refractivity contribution >= 4 is 34.5 Å². The highest BCUT2D eigenvalue weighted by Gasteiger charge is 2.37. The number of anilines is 1. The Morgan fingerprint density at radius 2 is 2.14 bits per heavy atom. The van der Waals surface area contributed by atoms with Crippen LogP contribution < -0.4 is 5.32 Å². The number of likely N-dealkylation sites (tertiary alicyclic amines) is 1. The maximum Gasteiger partial charge on any atom is 0.347 e. The molecule has 0 radical (unpaired) electrons. The summed E-state index contributed by atoms with van der Waals surface area (Å²) in [7, 11) is 2.00. The zero-order valence-electron chi connectivity index (χ0n) is 19.2. The molecule has 9 heteroatoms. The van der Waals surface area contributed by atoms with Crippen molar-refractivity contribution < 1.29 is 23.5 Å². The van der Waals surface area contributed by atoms with E-state index in [9.17, 15) is 14.0 Å². The van der Waals surface area contributed by atoms with Crippen LogP contribution in [0.3, 0.4) is 0 Å². The number of H-pyrrole nitrogens is 1. The van der Waals surface area contributed by atoms with E-state index in [-0.39, 0.29) is 29.9 Å². The summed E-state index contributed by atoms with van der Waals surface area (Å²) in [5.41, 5.74) is 1.59. The first-order valence-electron chi connectivity index (χ1n) is 11.5. The predicted molar refractivity (Wildman–Crippen MR) is 128 cm³/mol. The average Bonchev–Trinajstić information content (AvgIpc) is 3.40. The molecule has 8 nitrogen and oxygen atoms in total. The van der Waals surface area contributed by atoms with Gasteiger partial charge in [0.05, 0.1) is 0 Å². The highest BCUT2D eigenvalue weighted by Crippen LogP contribution is 2.30. The van der Waals surface area contributed by atoms with E-state index in [1.165, 1.54) is 24.3 Å². The van der Waals surface area contributed by atoms with E-state index in [1.54, 1.807) is 24.5 Å². The number of carbonyl (C=O) groups excluding carboxylic acids is 2. The van der Waals surface area contributed by atoms with Crippen LogP contribution in [0.4, 0.5) is 10.1 Å². The molecule has 1 atom stereocenters. The van der Waals surface area contributed by atoms with Crippen molar-refractivity contribution in [1.82, 2.24) is 14.9 Å². The third-order valence-electron chi connectivity index (χ3n) is 6.29. The first-order valence-corrected chi connectivity index (χ1v) is 11.5. The van der Waals surface area contributed by atoms with Gasteiger partial charge in [0.1, 0.15) is 18.1 Å². The van der Waals surface area contributed by atoms with Gasteiger partial charge in [0.25, 0.3) is 0 Å². The third kappa shape index (κ3) is 4.81. The Labute approximate surface area is 201 Å². The van der Waals surface area contributed by atoms with Crippen molar-refractivity contribution in [2.75, 3.05) is 25.5 Å². The van der Waals surface area contributed by atoms with Gasteiger partial charge in [0, 0.05) is 35.1 Å². The van der Waals surface area contributed by atoms with Gasteiger partial charge in [0.15, 0.2) is 11.3 Å². The standard InChI is InChI=1S/C26H25FN4O4/c1-31-12-3-2-5-19(31)15-34-26(33)22-23(32)21(13-16-14-29-24-20(16)6-4-11-28-24)35-25(22)30-18-9-7-17(27)8-10-18/h4,6-11,13-14,19,30H,2-3,5,12,15H2,1H3,(H,28,29)/b21-13-. The van der Waals surface area contributed by atoms with Crippen LogP contribution in [0.1, 0.15) is 24.8 Å². The molecule has 0 amide bonds. The molecule has 2 aliphatic heterocycles. The summed E-state index contributed by atoms with van der Waals surface area (Å²) in [5.74, 6) is -1.83. The van der Waals surface area contributed by atoms with Crippen LogP contribution in [-0.4, -0.2) is 52.9 Å². The van der Waals surface area contributed by atoms with E-state index >= 15 is 0 Å². The number of pyridine rings is 1. The van der Waals surface area contributed by atoms with Crippen molar-refractivity contribution in [3.8, 4) is 0 Å². The molecule has 3 aromatic rings. The highest BCUT2D eigenvalue weighted by molar-refractivity contribution is 6.26. The second-order valence-corrected chi connectivity index (χ2v) is 8.65. The number of likely N-dealkylation sites (N-methyl/N-ethyl adjacent to an activating group) is 1. The van der Waals surface area contributed by atoms with Crippen LogP contribution in [0, 0.1) is 5.82 Å². The second kappa shape index (κ2) is 9.71. The minimum Gasteiger partial charge on any atom is -0.460 e. The summed E-state index contributed by atoms with van der Waals surface area (Å²) in [4.78, 5) is 35.8. The Morgan fingerprint density at radius 3 is 2.94 bits per heavy atom. The number of fused-ring (bicyclic) bond motifs is 1. The Bertz CT molecular complexity index is 1330. The van der Waals surface area contributed by atoms with Gasteiger partial charge in [-0.05, 0) is 68.9 Å². The van der Waals surface area contributed by atoms with E-state index < -0.39 is 17.6 Å². The van der Waals surface area contributed by atoms with Crippen LogP contribution >= 0.6 is 0 Å². The fourth-order valence-corrected chi connectivity index (χ4v) is 4.30. The number of carbonyl (C=O) groups is 2. The normalized spacial score (nSPS) is 19.9. The van der Waals surface area contributed by atoms with Gasteiger partial charge < -0.3 is 24.7 Å². The Morgan fingerprint density at radius 1 is 1.31 bits per heavy atom. The molecule has 0 saturated carbocycles. The minimum atomic E-state index is -0.762. The van der Waals surface area contributed by atoms with Crippen molar-refractivity contribution in [3.63, 3.8) is 0 Å². The zero-order valence-corrected chi connectivity index (χ0v) is 19.2. The molecule has 1 unspecified atom stereocenters. The summed E-state index contributed by atoms with van der Waals surface area (Å²) in [6.45, 7) is 1.12. The van der Waals surface area contributed by atoms with E-state index in [0.29, 0.717) is 16.9 Å². The number of ether oxygens (including phenoxy) is 2. The molecule has 1 fully saturated rings. The lowest BCUT2D eigenvalue weighted by Crippen LogP contribution is -2.40. The number of allylic oxidation sites excluding steroid dienone is 1. The first-order chi connectivity index (χ1) is 17.0. The number of aromatic nitrogens is 2. The number of Topliss-reactive ketones (excluding diaryl/α,β-unsaturated/α-hetero) is 1. The number of nitrogens with zero attached hydrogens (tertiary/aromatic N) is 2. The van der Waals surface area contributed by atoms with Gasteiger partial charge in [-0.2, -0.15) is 0 Å². The molecule has 5 rings (SSSR count). The number of rotatable bonds is 6. The lowest BCUT2D eigenvalue weighted by atomic mass is 10.0.